The number of likely N-dealkylation sites (tertiary alicyclic amines) is 1. The van der Waals surface area contributed by atoms with Gasteiger partial charge in [-0.1, -0.05) is 30.3 Å². The Balaban J connectivity index is 1.73. The average Bonchev–Trinajstić information content (AvgIpc) is 2.98. The summed E-state index contributed by atoms with van der Waals surface area (Å²) in [6.45, 7) is 8.40. The fraction of sp³-hybridized carbons (Fsp3) is 0.571. The molecule has 1 unspecified atom stereocenters. The SMILES string of the molecule is CC(=O)N1CC(c2ccccc2)N(C2CCN(C(=O)OC(C)(C)C)CC2)C1=O. The van der Waals surface area contributed by atoms with Crippen LogP contribution in [0.4, 0.5) is 9.59 Å². The predicted molar refractivity (Wildman–Crippen MR) is 105 cm³/mol. The number of benzene rings is 1. The molecule has 0 aliphatic carbocycles. The third-order valence-corrected chi connectivity index (χ3v) is 5.22. The van der Waals surface area contributed by atoms with Gasteiger partial charge >= 0.3 is 12.1 Å². The summed E-state index contributed by atoms with van der Waals surface area (Å²) in [4.78, 5) is 42.1. The molecule has 2 saturated heterocycles. The van der Waals surface area contributed by atoms with Crippen molar-refractivity contribution in [1.29, 1.82) is 0 Å². The van der Waals surface area contributed by atoms with E-state index in [0.717, 1.165) is 5.56 Å². The minimum Gasteiger partial charge on any atom is -0.444 e. The highest BCUT2D eigenvalue weighted by Gasteiger charge is 2.44. The second-order valence-corrected chi connectivity index (χ2v) is 8.44. The van der Waals surface area contributed by atoms with Gasteiger partial charge in [0.05, 0.1) is 12.6 Å². The first kappa shape index (κ1) is 20.2. The first-order valence-electron chi connectivity index (χ1n) is 9.80. The van der Waals surface area contributed by atoms with Crippen molar-refractivity contribution in [3.05, 3.63) is 35.9 Å². The van der Waals surface area contributed by atoms with E-state index < -0.39 is 5.60 Å². The molecule has 7 heteroatoms. The van der Waals surface area contributed by atoms with Crippen LogP contribution in [0, 0.1) is 0 Å². The van der Waals surface area contributed by atoms with Crippen LogP contribution in [0.15, 0.2) is 30.3 Å². The molecule has 152 valence electrons. The van der Waals surface area contributed by atoms with Crippen molar-refractivity contribution in [3.63, 3.8) is 0 Å². The maximum absolute atomic E-state index is 13.0. The zero-order chi connectivity index (χ0) is 20.5. The highest BCUT2D eigenvalue weighted by Crippen LogP contribution is 2.34. The van der Waals surface area contributed by atoms with Crippen LogP contribution in [0.5, 0.6) is 0 Å². The molecule has 1 aromatic carbocycles. The van der Waals surface area contributed by atoms with E-state index in [9.17, 15) is 14.4 Å². The van der Waals surface area contributed by atoms with Crippen LogP contribution in [0.3, 0.4) is 0 Å². The van der Waals surface area contributed by atoms with Crippen molar-refractivity contribution in [2.75, 3.05) is 19.6 Å². The highest BCUT2D eigenvalue weighted by molar-refractivity contribution is 5.95. The summed E-state index contributed by atoms with van der Waals surface area (Å²) in [5.41, 5.74) is 0.494. The molecule has 0 radical (unpaired) electrons. The molecule has 7 nitrogen and oxygen atoms in total. The number of imide groups is 1. The standard InChI is InChI=1S/C21H29N3O4/c1-15(25)23-14-18(16-8-6-5-7-9-16)24(19(23)26)17-10-12-22(13-11-17)20(27)28-21(2,3)4/h5-9,17-18H,10-14H2,1-4H3. The Labute approximate surface area is 166 Å². The molecule has 28 heavy (non-hydrogen) atoms. The number of rotatable bonds is 2. The first-order chi connectivity index (χ1) is 13.2. The number of urea groups is 1. The van der Waals surface area contributed by atoms with Crippen molar-refractivity contribution >= 4 is 18.0 Å². The Bertz CT molecular complexity index is 736. The Morgan fingerprint density at radius 3 is 2.21 bits per heavy atom. The molecule has 2 heterocycles. The van der Waals surface area contributed by atoms with Crippen molar-refractivity contribution in [1.82, 2.24) is 14.7 Å². The molecule has 2 aliphatic heterocycles. The number of nitrogens with zero attached hydrogens (tertiary/aromatic N) is 3. The van der Waals surface area contributed by atoms with Gasteiger partial charge in [0.2, 0.25) is 5.91 Å². The summed E-state index contributed by atoms with van der Waals surface area (Å²) in [5.74, 6) is -0.236. The second-order valence-electron chi connectivity index (χ2n) is 8.44. The lowest BCUT2D eigenvalue weighted by Crippen LogP contribution is -2.49. The Hall–Kier alpha value is -2.57. The van der Waals surface area contributed by atoms with Gasteiger partial charge in [-0.05, 0) is 39.2 Å². The molecule has 0 bridgehead atoms. The summed E-state index contributed by atoms with van der Waals surface area (Å²) in [5, 5.41) is 0. The monoisotopic (exact) mass is 387 g/mol. The first-order valence-corrected chi connectivity index (χ1v) is 9.80. The number of hydrogen-bond donors (Lipinski definition) is 0. The van der Waals surface area contributed by atoms with Gasteiger partial charge in [-0.3, -0.25) is 9.69 Å². The zero-order valence-electron chi connectivity index (χ0n) is 17.1. The van der Waals surface area contributed by atoms with Crippen LogP contribution in [0.2, 0.25) is 0 Å². The predicted octanol–water partition coefficient (Wildman–Crippen LogP) is 3.41. The van der Waals surface area contributed by atoms with Crippen LogP contribution in [0.25, 0.3) is 0 Å². The molecule has 1 aromatic rings. The summed E-state index contributed by atoms with van der Waals surface area (Å²) >= 11 is 0. The molecule has 0 aromatic heterocycles. The molecule has 2 aliphatic rings. The van der Waals surface area contributed by atoms with Gasteiger partial charge in [0.15, 0.2) is 0 Å². The Kier molecular flexibility index (Phi) is 5.63. The van der Waals surface area contributed by atoms with Gasteiger partial charge in [0, 0.05) is 26.1 Å². The largest absolute Gasteiger partial charge is 0.444 e. The Morgan fingerprint density at radius 2 is 1.68 bits per heavy atom. The summed E-state index contributed by atoms with van der Waals surface area (Å²) < 4.78 is 5.45. The smallest absolute Gasteiger partial charge is 0.410 e. The number of hydrogen-bond acceptors (Lipinski definition) is 4. The van der Waals surface area contributed by atoms with Gasteiger partial charge in [-0.2, -0.15) is 0 Å². The van der Waals surface area contributed by atoms with Gasteiger partial charge in [0.25, 0.3) is 0 Å². The van der Waals surface area contributed by atoms with E-state index in [1.807, 2.05) is 56.0 Å². The van der Waals surface area contributed by atoms with Crippen molar-refractivity contribution in [3.8, 4) is 0 Å². The van der Waals surface area contributed by atoms with Crippen LogP contribution in [0.1, 0.15) is 52.1 Å². The van der Waals surface area contributed by atoms with E-state index in [-0.39, 0.29) is 30.1 Å². The van der Waals surface area contributed by atoms with E-state index in [1.54, 1.807) is 4.90 Å². The zero-order valence-corrected chi connectivity index (χ0v) is 17.1. The number of piperidine rings is 1. The van der Waals surface area contributed by atoms with Crippen LogP contribution < -0.4 is 0 Å². The third kappa shape index (κ3) is 4.29. The van der Waals surface area contributed by atoms with Gasteiger partial charge in [0.1, 0.15) is 5.60 Å². The van der Waals surface area contributed by atoms with Crippen LogP contribution in [-0.2, 0) is 9.53 Å². The van der Waals surface area contributed by atoms with Gasteiger partial charge < -0.3 is 14.5 Å². The van der Waals surface area contributed by atoms with Gasteiger partial charge in [-0.25, -0.2) is 9.59 Å². The van der Waals surface area contributed by atoms with Crippen LogP contribution in [-0.4, -0.2) is 64.0 Å². The summed E-state index contributed by atoms with van der Waals surface area (Å²) in [6, 6.07) is 9.40. The van der Waals surface area contributed by atoms with Crippen molar-refractivity contribution < 1.29 is 19.1 Å². The quantitative estimate of drug-likeness (QED) is 0.780. The van der Waals surface area contributed by atoms with E-state index in [2.05, 4.69) is 0 Å². The lowest BCUT2D eigenvalue weighted by molar-refractivity contribution is -0.125. The normalized spacial score (nSPS) is 21.2. The number of carbonyl (C=O) groups is 3. The maximum Gasteiger partial charge on any atom is 0.410 e. The van der Waals surface area contributed by atoms with E-state index in [4.69, 9.17) is 4.74 Å². The van der Waals surface area contributed by atoms with E-state index in [1.165, 1.54) is 11.8 Å². The van der Waals surface area contributed by atoms with E-state index in [0.29, 0.717) is 32.5 Å². The molecule has 3 rings (SSSR count). The molecule has 4 amide bonds. The minimum atomic E-state index is -0.529. The van der Waals surface area contributed by atoms with Crippen LogP contribution >= 0.6 is 0 Å². The lowest BCUT2D eigenvalue weighted by Gasteiger charge is -2.39. The lowest BCUT2D eigenvalue weighted by atomic mass is 9.99. The van der Waals surface area contributed by atoms with Gasteiger partial charge in [-0.15, -0.1) is 0 Å². The maximum atomic E-state index is 13.0. The highest BCUT2D eigenvalue weighted by atomic mass is 16.6. The molecular formula is C21H29N3O4. The second kappa shape index (κ2) is 7.81. The fourth-order valence-corrected chi connectivity index (χ4v) is 3.88. The van der Waals surface area contributed by atoms with Crippen molar-refractivity contribution in [2.45, 2.75) is 58.2 Å². The average molecular weight is 387 g/mol. The summed E-state index contributed by atoms with van der Waals surface area (Å²) in [7, 11) is 0. The topological polar surface area (TPSA) is 70.2 Å². The molecule has 0 spiro atoms. The van der Waals surface area contributed by atoms with Crippen molar-refractivity contribution in [2.24, 2.45) is 0 Å². The number of ether oxygens (including phenoxy) is 1. The summed E-state index contributed by atoms with van der Waals surface area (Å²) in [6.07, 6.45) is 1.02. The molecule has 0 saturated carbocycles. The molecule has 0 N–H and O–H groups in total. The molecule has 1 atom stereocenters. The minimum absolute atomic E-state index is 0.0132. The third-order valence-electron chi connectivity index (χ3n) is 5.22. The molecule has 2 fully saturated rings. The number of amides is 4. The molecular weight excluding hydrogens is 358 g/mol. The Morgan fingerprint density at radius 1 is 1.07 bits per heavy atom. The fourth-order valence-electron chi connectivity index (χ4n) is 3.88. The number of carbonyl (C=O) groups excluding carboxylic acids is 3. The van der Waals surface area contributed by atoms with E-state index >= 15 is 0 Å².